The van der Waals surface area contributed by atoms with E-state index in [1.54, 1.807) is 6.33 Å². The number of hydrogen-bond donors (Lipinski definition) is 1. The van der Waals surface area contributed by atoms with Gasteiger partial charge < -0.3 is 10.3 Å². The molecule has 0 saturated carbocycles. The van der Waals surface area contributed by atoms with Crippen LogP contribution >= 0.6 is 0 Å². The number of rotatable bonds is 6. The van der Waals surface area contributed by atoms with Crippen LogP contribution in [-0.2, 0) is 13.0 Å². The summed E-state index contributed by atoms with van der Waals surface area (Å²) in [6, 6.07) is 0.222. The first-order valence-corrected chi connectivity index (χ1v) is 5.40. The number of nitrogens with two attached hydrogens (primary N) is 1. The SMILES string of the molecule is CCCC(N)Cc1nncn1CCC. The molecule has 0 spiro atoms. The Morgan fingerprint density at radius 3 is 2.86 bits per heavy atom. The molecule has 4 heteroatoms. The van der Waals surface area contributed by atoms with Gasteiger partial charge in [-0.1, -0.05) is 20.3 Å². The first-order valence-electron chi connectivity index (χ1n) is 5.40. The van der Waals surface area contributed by atoms with Crippen molar-refractivity contribution in [3.05, 3.63) is 12.2 Å². The topological polar surface area (TPSA) is 56.7 Å². The average molecular weight is 196 g/mol. The molecule has 1 rings (SSSR count). The maximum absolute atomic E-state index is 5.96. The Kier molecular flexibility index (Phi) is 4.59. The monoisotopic (exact) mass is 196 g/mol. The summed E-state index contributed by atoms with van der Waals surface area (Å²) in [5.74, 6) is 1.02. The van der Waals surface area contributed by atoms with Crippen LogP contribution in [0, 0.1) is 0 Å². The summed E-state index contributed by atoms with van der Waals surface area (Å²) in [6.45, 7) is 5.29. The lowest BCUT2D eigenvalue weighted by Crippen LogP contribution is -2.24. The molecule has 0 aliphatic carbocycles. The number of aromatic nitrogens is 3. The van der Waals surface area contributed by atoms with Gasteiger partial charge in [0.15, 0.2) is 0 Å². The number of aryl methyl sites for hydroxylation is 1. The molecule has 1 unspecified atom stereocenters. The summed E-state index contributed by atoms with van der Waals surface area (Å²) in [6.07, 6.45) is 5.92. The highest BCUT2D eigenvalue weighted by atomic mass is 15.3. The summed E-state index contributed by atoms with van der Waals surface area (Å²) in [7, 11) is 0. The van der Waals surface area contributed by atoms with Crippen molar-refractivity contribution in [2.75, 3.05) is 0 Å². The molecule has 0 bridgehead atoms. The molecule has 14 heavy (non-hydrogen) atoms. The van der Waals surface area contributed by atoms with Crippen LogP contribution in [0.15, 0.2) is 6.33 Å². The van der Waals surface area contributed by atoms with Crippen LogP contribution in [0.25, 0.3) is 0 Å². The third-order valence-corrected chi connectivity index (χ3v) is 2.26. The minimum Gasteiger partial charge on any atom is -0.327 e. The molecule has 0 aliphatic rings. The van der Waals surface area contributed by atoms with Crippen LogP contribution in [0.4, 0.5) is 0 Å². The number of nitrogens with zero attached hydrogens (tertiary/aromatic N) is 3. The lowest BCUT2D eigenvalue weighted by Gasteiger charge is -2.10. The van der Waals surface area contributed by atoms with E-state index in [1.807, 2.05) is 0 Å². The van der Waals surface area contributed by atoms with E-state index in [4.69, 9.17) is 5.73 Å². The third-order valence-electron chi connectivity index (χ3n) is 2.26. The lowest BCUT2D eigenvalue weighted by atomic mass is 10.1. The Balaban J connectivity index is 2.52. The van der Waals surface area contributed by atoms with Crippen LogP contribution in [0.1, 0.15) is 38.9 Å². The van der Waals surface area contributed by atoms with Gasteiger partial charge in [0.2, 0.25) is 0 Å². The first-order chi connectivity index (χ1) is 6.77. The fourth-order valence-electron chi connectivity index (χ4n) is 1.57. The minimum atomic E-state index is 0.222. The van der Waals surface area contributed by atoms with E-state index in [2.05, 4.69) is 28.6 Å². The molecule has 80 valence electrons. The smallest absolute Gasteiger partial charge is 0.134 e. The second-order valence-electron chi connectivity index (χ2n) is 3.69. The zero-order chi connectivity index (χ0) is 10.4. The molecule has 0 amide bonds. The van der Waals surface area contributed by atoms with Crippen molar-refractivity contribution in [3.8, 4) is 0 Å². The van der Waals surface area contributed by atoms with Crippen LogP contribution in [0.5, 0.6) is 0 Å². The van der Waals surface area contributed by atoms with E-state index in [1.165, 1.54) is 0 Å². The maximum Gasteiger partial charge on any atom is 0.134 e. The Morgan fingerprint density at radius 2 is 2.21 bits per heavy atom. The molecule has 0 aromatic carbocycles. The van der Waals surface area contributed by atoms with Gasteiger partial charge in [-0.25, -0.2) is 0 Å². The molecule has 0 aliphatic heterocycles. The molecular formula is C10H20N4. The zero-order valence-electron chi connectivity index (χ0n) is 9.11. The Labute approximate surface area is 85.5 Å². The Bertz CT molecular complexity index is 256. The van der Waals surface area contributed by atoms with Crippen molar-refractivity contribution >= 4 is 0 Å². The number of hydrogen-bond acceptors (Lipinski definition) is 3. The normalized spacial score (nSPS) is 13.1. The van der Waals surface area contributed by atoms with Crippen molar-refractivity contribution in [3.63, 3.8) is 0 Å². The molecule has 4 nitrogen and oxygen atoms in total. The van der Waals surface area contributed by atoms with Crippen LogP contribution < -0.4 is 5.73 Å². The van der Waals surface area contributed by atoms with Crippen LogP contribution in [0.2, 0.25) is 0 Å². The Morgan fingerprint density at radius 1 is 1.43 bits per heavy atom. The standard InChI is InChI=1S/C10H20N4/c1-3-5-9(11)7-10-13-12-8-14(10)6-4-2/h8-9H,3-7,11H2,1-2H3. The predicted molar refractivity (Wildman–Crippen MR) is 56.9 cm³/mol. The van der Waals surface area contributed by atoms with Gasteiger partial charge in [0.05, 0.1) is 0 Å². The quantitative estimate of drug-likeness (QED) is 0.747. The highest BCUT2D eigenvalue weighted by Gasteiger charge is 2.08. The molecule has 1 aromatic heterocycles. The van der Waals surface area contributed by atoms with Gasteiger partial charge >= 0.3 is 0 Å². The summed E-state index contributed by atoms with van der Waals surface area (Å²) in [5.41, 5.74) is 5.96. The second kappa shape index (κ2) is 5.75. The van der Waals surface area contributed by atoms with Crippen molar-refractivity contribution in [1.29, 1.82) is 0 Å². The molecule has 0 saturated heterocycles. The molecule has 1 atom stereocenters. The second-order valence-corrected chi connectivity index (χ2v) is 3.69. The summed E-state index contributed by atoms with van der Waals surface area (Å²) in [4.78, 5) is 0. The lowest BCUT2D eigenvalue weighted by molar-refractivity contribution is 0.552. The largest absolute Gasteiger partial charge is 0.327 e. The molecule has 0 radical (unpaired) electrons. The van der Waals surface area contributed by atoms with E-state index >= 15 is 0 Å². The maximum atomic E-state index is 5.96. The fourth-order valence-corrected chi connectivity index (χ4v) is 1.57. The fraction of sp³-hybridized carbons (Fsp3) is 0.800. The summed E-state index contributed by atoms with van der Waals surface area (Å²) >= 11 is 0. The highest BCUT2D eigenvalue weighted by molar-refractivity contribution is 4.89. The zero-order valence-corrected chi connectivity index (χ0v) is 9.11. The molecule has 2 N–H and O–H groups in total. The van der Waals surface area contributed by atoms with E-state index in [0.717, 1.165) is 38.1 Å². The van der Waals surface area contributed by atoms with Crippen LogP contribution in [-0.4, -0.2) is 20.8 Å². The van der Waals surface area contributed by atoms with Gasteiger partial charge in [0.25, 0.3) is 0 Å². The van der Waals surface area contributed by atoms with E-state index in [0.29, 0.717) is 0 Å². The molecule has 1 heterocycles. The van der Waals surface area contributed by atoms with Gasteiger partial charge in [-0.2, -0.15) is 0 Å². The van der Waals surface area contributed by atoms with Gasteiger partial charge in [0, 0.05) is 19.0 Å². The van der Waals surface area contributed by atoms with Crippen molar-refractivity contribution in [2.45, 2.75) is 52.1 Å². The van der Waals surface area contributed by atoms with Crippen molar-refractivity contribution in [1.82, 2.24) is 14.8 Å². The highest BCUT2D eigenvalue weighted by Crippen LogP contribution is 2.03. The summed E-state index contributed by atoms with van der Waals surface area (Å²) < 4.78 is 2.09. The van der Waals surface area contributed by atoms with Gasteiger partial charge in [-0.15, -0.1) is 10.2 Å². The Hall–Kier alpha value is -0.900. The van der Waals surface area contributed by atoms with Crippen molar-refractivity contribution in [2.24, 2.45) is 5.73 Å². The predicted octanol–water partition coefficient (Wildman–Crippen LogP) is 1.36. The molecule has 0 fully saturated rings. The van der Waals surface area contributed by atoms with E-state index in [9.17, 15) is 0 Å². The van der Waals surface area contributed by atoms with Crippen LogP contribution in [0.3, 0.4) is 0 Å². The first kappa shape index (κ1) is 11.2. The van der Waals surface area contributed by atoms with Gasteiger partial charge in [-0.3, -0.25) is 0 Å². The van der Waals surface area contributed by atoms with Gasteiger partial charge in [0.1, 0.15) is 12.2 Å². The van der Waals surface area contributed by atoms with Crippen molar-refractivity contribution < 1.29 is 0 Å². The molecule has 1 aromatic rings. The third kappa shape index (κ3) is 3.10. The van der Waals surface area contributed by atoms with E-state index < -0.39 is 0 Å². The van der Waals surface area contributed by atoms with E-state index in [-0.39, 0.29) is 6.04 Å². The minimum absolute atomic E-state index is 0.222. The average Bonchev–Trinajstić information content (AvgIpc) is 2.54. The summed E-state index contributed by atoms with van der Waals surface area (Å²) in [5, 5.41) is 8.00. The van der Waals surface area contributed by atoms with Gasteiger partial charge in [-0.05, 0) is 12.8 Å². The molecular weight excluding hydrogens is 176 g/mol.